The minimum Gasteiger partial charge on any atom is -0.394 e. The van der Waals surface area contributed by atoms with Crippen molar-refractivity contribution in [1.29, 1.82) is 0 Å². The molecule has 2 rings (SSSR count). The highest BCUT2D eigenvalue weighted by atomic mass is 16.5. The number of nitrogens with zero attached hydrogens (tertiary/aromatic N) is 1. The van der Waals surface area contributed by atoms with Gasteiger partial charge in [-0.1, -0.05) is 0 Å². The zero-order valence-corrected chi connectivity index (χ0v) is 8.37. The summed E-state index contributed by atoms with van der Waals surface area (Å²) in [6.07, 6.45) is -1.10. The predicted molar refractivity (Wildman–Crippen MR) is 52.9 cm³/mol. The van der Waals surface area contributed by atoms with Crippen LogP contribution in [0.2, 0.25) is 0 Å². The van der Waals surface area contributed by atoms with Crippen LogP contribution < -0.4 is 11.2 Å². The molecule has 1 aliphatic rings. The number of aromatic nitrogens is 2. The van der Waals surface area contributed by atoms with Crippen LogP contribution >= 0.6 is 0 Å². The van der Waals surface area contributed by atoms with Gasteiger partial charge in [0.2, 0.25) is 0 Å². The van der Waals surface area contributed by atoms with Gasteiger partial charge < -0.3 is 19.9 Å². The Balaban J connectivity index is 2.34. The minimum absolute atomic E-state index is 0.109. The lowest BCUT2D eigenvalue weighted by Crippen LogP contribution is -2.37. The lowest BCUT2D eigenvalue weighted by molar-refractivity contribution is -0.0469. The fourth-order valence-corrected chi connectivity index (χ4v) is 1.74. The molecule has 1 fully saturated rings. The molecule has 7 nitrogen and oxygen atoms in total. The number of aliphatic hydroxyl groups is 2. The third kappa shape index (κ3) is 1.80. The van der Waals surface area contributed by atoms with E-state index in [0.29, 0.717) is 0 Å². The Morgan fingerprint density at radius 3 is 2.88 bits per heavy atom. The first kappa shape index (κ1) is 11.1. The van der Waals surface area contributed by atoms with E-state index in [1.54, 1.807) is 0 Å². The molecule has 0 aromatic carbocycles. The molecule has 1 aromatic heterocycles. The van der Waals surface area contributed by atoms with Gasteiger partial charge in [0.05, 0.1) is 12.7 Å². The van der Waals surface area contributed by atoms with Crippen LogP contribution in [0.1, 0.15) is 12.6 Å². The van der Waals surface area contributed by atoms with Crippen LogP contribution in [0, 0.1) is 0 Å². The summed E-state index contributed by atoms with van der Waals surface area (Å²) in [5, 5.41) is 18.4. The summed E-state index contributed by atoms with van der Waals surface area (Å²) in [6.45, 7) is -0.350. The largest absolute Gasteiger partial charge is 0.394 e. The van der Waals surface area contributed by atoms with Crippen molar-refractivity contribution in [3.63, 3.8) is 0 Å². The molecule has 16 heavy (non-hydrogen) atoms. The molecule has 1 aromatic rings. The highest BCUT2D eigenvalue weighted by molar-refractivity contribution is 4.88. The van der Waals surface area contributed by atoms with Crippen molar-refractivity contribution < 1.29 is 14.9 Å². The topological polar surface area (TPSA) is 105 Å². The highest BCUT2D eigenvalue weighted by Gasteiger charge is 2.35. The molecule has 0 unspecified atom stereocenters. The first-order valence-electron chi connectivity index (χ1n) is 4.88. The van der Waals surface area contributed by atoms with Crippen LogP contribution in [-0.4, -0.2) is 38.6 Å². The van der Waals surface area contributed by atoms with E-state index in [-0.39, 0.29) is 13.0 Å². The van der Waals surface area contributed by atoms with Gasteiger partial charge in [0.1, 0.15) is 12.3 Å². The fourth-order valence-electron chi connectivity index (χ4n) is 1.74. The maximum Gasteiger partial charge on any atom is 0.330 e. The van der Waals surface area contributed by atoms with Crippen molar-refractivity contribution in [2.75, 3.05) is 6.61 Å². The smallest absolute Gasteiger partial charge is 0.330 e. The van der Waals surface area contributed by atoms with E-state index in [0.717, 1.165) is 4.57 Å². The third-order valence-corrected chi connectivity index (χ3v) is 2.56. The van der Waals surface area contributed by atoms with Crippen molar-refractivity contribution in [1.82, 2.24) is 9.55 Å². The lowest BCUT2D eigenvalue weighted by Gasteiger charge is -2.12. The van der Waals surface area contributed by atoms with Gasteiger partial charge in [-0.3, -0.25) is 4.79 Å². The van der Waals surface area contributed by atoms with Crippen LogP contribution in [0.3, 0.4) is 0 Å². The van der Waals surface area contributed by atoms with E-state index in [2.05, 4.69) is 4.98 Å². The molecule has 1 aliphatic heterocycles. The summed E-state index contributed by atoms with van der Waals surface area (Å²) < 4.78 is 6.10. The second-order valence-corrected chi connectivity index (χ2v) is 3.61. The number of hydrogen-bond donors (Lipinski definition) is 3. The van der Waals surface area contributed by atoms with Crippen molar-refractivity contribution >= 4 is 0 Å². The molecule has 0 aliphatic carbocycles. The molecule has 0 saturated carbocycles. The first-order chi connectivity index (χ1) is 7.63. The average Bonchev–Trinajstić information content (AvgIpc) is 2.59. The summed E-state index contributed by atoms with van der Waals surface area (Å²) in [4.78, 5) is 25.2. The van der Waals surface area contributed by atoms with E-state index < -0.39 is 29.7 Å². The predicted octanol–water partition coefficient (Wildman–Crippen LogP) is -1.82. The normalized spacial score (nSPS) is 29.5. The van der Waals surface area contributed by atoms with Gasteiger partial charge in [-0.2, -0.15) is 0 Å². The Bertz CT molecular complexity index is 451. The Morgan fingerprint density at radius 2 is 2.31 bits per heavy atom. The van der Waals surface area contributed by atoms with E-state index in [1.807, 2.05) is 0 Å². The summed E-state index contributed by atoms with van der Waals surface area (Å²) in [6, 6.07) is 1.20. The molecule has 3 atom stereocenters. The molecule has 7 heteroatoms. The van der Waals surface area contributed by atoms with Crippen LogP contribution in [0.15, 0.2) is 21.9 Å². The van der Waals surface area contributed by atoms with Crippen molar-refractivity contribution in [3.05, 3.63) is 33.1 Å². The fraction of sp³-hybridized carbons (Fsp3) is 0.556. The maximum atomic E-state index is 11.4. The SMILES string of the molecule is O=c1cc[nH]c(=O)n1[C@@H]1C[C@@H](O)[C@H](CO)O1. The van der Waals surface area contributed by atoms with Crippen LogP contribution in [0.25, 0.3) is 0 Å². The third-order valence-electron chi connectivity index (χ3n) is 2.56. The molecule has 2 heterocycles. The van der Waals surface area contributed by atoms with Crippen molar-refractivity contribution in [3.8, 4) is 0 Å². The van der Waals surface area contributed by atoms with Crippen LogP contribution in [0.5, 0.6) is 0 Å². The molecule has 3 N–H and O–H groups in total. The Hall–Kier alpha value is -1.44. The number of hydrogen-bond acceptors (Lipinski definition) is 5. The zero-order valence-electron chi connectivity index (χ0n) is 8.37. The Morgan fingerprint density at radius 1 is 1.56 bits per heavy atom. The van der Waals surface area contributed by atoms with Crippen LogP contribution in [0.4, 0.5) is 0 Å². The second-order valence-electron chi connectivity index (χ2n) is 3.61. The molecule has 0 bridgehead atoms. The highest BCUT2D eigenvalue weighted by Crippen LogP contribution is 2.26. The quantitative estimate of drug-likeness (QED) is 0.552. The Kier molecular flexibility index (Phi) is 2.90. The zero-order chi connectivity index (χ0) is 11.7. The number of nitrogens with one attached hydrogen (secondary N) is 1. The average molecular weight is 228 g/mol. The summed E-state index contributed by atoms with van der Waals surface area (Å²) in [7, 11) is 0. The molecular formula is C9H12N2O5. The van der Waals surface area contributed by atoms with Gasteiger partial charge in [-0.15, -0.1) is 0 Å². The van der Waals surface area contributed by atoms with E-state index in [4.69, 9.17) is 9.84 Å². The molecule has 1 saturated heterocycles. The summed E-state index contributed by atoms with van der Waals surface area (Å²) >= 11 is 0. The molecule has 0 amide bonds. The van der Waals surface area contributed by atoms with Gasteiger partial charge in [0, 0.05) is 18.7 Å². The molecule has 0 spiro atoms. The van der Waals surface area contributed by atoms with Gasteiger partial charge in [0.15, 0.2) is 0 Å². The van der Waals surface area contributed by atoms with E-state index in [9.17, 15) is 14.7 Å². The van der Waals surface area contributed by atoms with Crippen molar-refractivity contribution in [2.24, 2.45) is 0 Å². The molecule has 88 valence electrons. The first-order valence-corrected chi connectivity index (χ1v) is 4.88. The van der Waals surface area contributed by atoms with Gasteiger partial charge in [-0.25, -0.2) is 9.36 Å². The number of ether oxygens (including phenoxy) is 1. The van der Waals surface area contributed by atoms with E-state index >= 15 is 0 Å². The molecular weight excluding hydrogens is 216 g/mol. The lowest BCUT2D eigenvalue weighted by atomic mass is 10.2. The van der Waals surface area contributed by atoms with Crippen molar-refractivity contribution in [2.45, 2.75) is 24.9 Å². The monoisotopic (exact) mass is 228 g/mol. The number of rotatable bonds is 2. The second kappa shape index (κ2) is 4.20. The Labute approximate surface area is 89.9 Å². The van der Waals surface area contributed by atoms with Gasteiger partial charge in [0.25, 0.3) is 5.56 Å². The number of aliphatic hydroxyl groups excluding tert-OH is 2. The van der Waals surface area contributed by atoms with Crippen LogP contribution in [-0.2, 0) is 4.74 Å². The van der Waals surface area contributed by atoms with E-state index in [1.165, 1.54) is 12.3 Å². The standard InChI is InChI=1S/C9H12N2O5/c12-4-6-5(13)3-8(16-6)11-7(14)1-2-10-9(11)15/h1-2,5-6,8,12-13H,3-4H2,(H,10,15)/t5-,6+,8+/m1/s1. The summed E-state index contributed by atoms with van der Waals surface area (Å²) in [5.41, 5.74) is -1.09. The maximum absolute atomic E-state index is 11.4. The molecule has 0 radical (unpaired) electrons. The van der Waals surface area contributed by atoms with Gasteiger partial charge in [-0.05, 0) is 0 Å². The summed E-state index contributed by atoms with van der Waals surface area (Å²) in [5.74, 6) is 0. The number of aromatic amines is 1. The minimum atomic E-state index is -0.874. The van der Waals surface area contributed by atoms with Gasteiger partial charge >= 0.3 is 5.69 Å². The number of H-pyrrole nitrogens is 1.